The fourth-order valence-corrected chi connectivity index (χ4v) is 1.92. The van der Waals surface area contributed by atoms with Crippen molar-refractivity contribution in [3.63, 3.8) is 0 Å². The topological polar surface area (TPSA) is 51.8 Å². The Morgan fingerprint density at radius 1 is 1.46 bits per heavy atom. The molecule has 0 aromatic carbocycles. The Kier molecular flexibility index (Phi) is 4.32. The molecule has 1 atom stereocenters. The van der Waals surface area contributed by atoms with E-state index < -0.39 is 0 Å². The Hall–Kier alpha value is -0.480. The van der Waals surface area contributed by atoms with Gasteiger partial charge in [0.2, 0.25) is 0 Å². The first-order chi connectivity index (χ1) is 6.27. The van der Waals surface area contributed by atoms with Gasteiger partial charge in [-0.05, 0) is 12.3 Å². The molecule has 0 aliphatic carbocycles. The quantitative estimate of drug-likeness (QED) is 0.792. The maximum atomic E-state index is 6.00. The molecule has 0 spiro atoms. The third-order valence-electron chi connectivity index (χ3n) is 2.50. The minimum atomic E-state index is 0.0728. The monoisotopic (exact) mass is 199 g/mol. The minimum Gasteiger partial charge on any atom is -0.323 e. The van der Waals surface area contributed by atoms with Crippen LogP contribution in [-0.4, -0.2) is 8.75 Å². The van der Waals surface area contributed by atoms with Crippen molar-refractivity contribution in [2.75, 3.05) is 0 Å². The van der Waals surface area contributed by atoms with Gasteiger partial charge in [-0.2, -0.15) is 8.75 Å². The van der Waals surface area contributed by atoms with Crippen LogP contribution in [0.3, 0.4) is 0 Å². The van der Waals surface area contributed by atoms with E-state index in [1.807, 2.05) is 0 Å². The van der Waals surface area contributed by atoms with Crippen LogP contribution in [0.1, 0.15) is 44.8 Å². The standard InChI is InChI=1S/C9H17N3S/c1-3-7(4-2)5-8(10)9-6-11-13-12-9/h6-8H,3-5,10H2,1-2H3. The van der Waals surface area contributed by atoms with Gasteiger partial charge >= 0.3 is 0 Å². The Balaban J connectivity index is 2.45. The zero-order valence-corrected chi connectivity index (χ0v) is 9.05. The van der Waals surface area contributed by atoms with Crippen LogP contribution in [0.15, 0.2) is 6.20 Å². The molecular formula is C9H17N3S. The van der Waals surface area contributed by atoms with E-state index >= 15 is 0 Å². The predicted molar refractivity (Wildman–Crippen MR) is 55.5 cm³/mol. The van der Waals surface area contributed by atoms with Crippen molar-refractivity contribution in [3.05, 3.63) is 11.9 Å². The molecule has 2 N–H and O–H groups in total. The van der Waals surface area contributed by atoms with Crippen LogP contribution in [0, 0.1) is 5.92 Å². The first kappa shape index (κ1) is 10.6. The highest BCUT2D eigenvalue weighted by Crippen LogP contribution is 2.21. The SMILES string of the molecule is CCC(CC)CC(N)c1cnsn1. The Labute approximate surface area is 83.7 Å². The Bertz CT molecular complexity index is 219. The molecule has 1 rings (SSSR count). The number of rotatable bonds is 5. The first-order valence-electron chi connectivity index (χ1n) is 4.80. The maximum absolute atomic E-state index is 6.00. The van der Waals surface area contributed by atoms with Crippen LogP contribution in [-0.2, 0) is 0 Å². The molecule has 1 heterocycles. The van der Waals surface area contributed by atoms with Crippen LogP contribution < -0.4 is 5.73 Å². The molecule has 3 nitrogen and oxygen atoms in total. The Morgan fingerprint density at radius 3 is 2.62 bits per heavy atom. The molecule has 1 aromatic rings. The fourth-order valence-electron chi connectivity index (χ4n) is 1.44. The average molecular weight is 199 g/mol. The lowest BCUT2D eigenvalue weighted by Crippen LogP contribution is -2.15. The zero-order chi connectivity index (χ0) is 9.68. The minimum absolute atomic E-state index is 0.0728. The highest BCUT2D eigenvalue weighted by molar-refractivity contribution is 6.99. The van der Waals surface area contributed by atoms with Gasteiger partial charge in [0.1, 0.15) is 0 Å². The summed E-state index contributed by atoms with van der Waals surface area (Å²) in [7, 11) is 0. The molecule has 0 amide bonds. The van der Waals surface area contributed by atoms with E-state index in [-0.39, 0.29) is 6.04 Å². The smallest absolute Gasteiger partial charge is 0.0910 e. The van der Waals surface area contributed by atoms with Crippen molar-refractivity contribution in [2.24, 2.45) is 11.7 Å². The number of hydrogen-bond acceptors (Lipinski definition) is 4. The van der Waals surface area contributed by atoms with Gasteiger partial charge in [-0.25, -0.2) is 0 Å². The second-order valence-electron chi connectivity index (χ2n) is 3.36. The van der Waals surface area contributed by atoms with Crippen LogP contribution in [0.5, 0.6) is 0 Å². The number of hydrogen-bond donors (Lipinski definition) is 1. The lowest BCUT2D eigenvalue weighted by Gasteiger charge is -2.15. The third kappa shape index (κ3) is 3.04. The van der Waals surface area contributed by atoms with Crippen molar-refractivity contribution < 1.29 is 0 Å². The van der Waals surface area contributed by atoms with Crippen molar-refractivity contribution >= 4 is 11.7 Å². The summed E-state index contributed by atoms with van der Waals surface area (Å²) in [6, 6.07) is 0.0728. The molecule has 1 unspecified atom stereocenters. The van der Waals surface area contributed by atoms with Gasteiger partial charge in [0, 0.05) is 6.04 Å². The molecule has 0 fully saturated rings. The second kappa shape index (κ2) is 5.29. The molecule has 0 saturated carbocycles. The number of aromatic nitrogens is 2. The molecule has 4 heteroatoms. The predicted octanol–water partition coefficient (Wildman–Crippen LogP) is 2.36. The van der Waals surface area contributed by atoms with E-state index in [9.17, 15) is 0 Å². The largest absolute Gasteiger partial charge is 0.323 e. The lowest BCUT2D eigenvalue weighted by molar-refractivity contribution is 0.412. The summed E-state index contributed by atoms with van der Waals surface area (Å²) in [5.74, 6) is 0.719. The van der Waals surface area contributed by atoms with E-state index in [1.54, 1.807) is 6.20 Å². The third-order valence-corrected chi connectivity index (χ3v) is 2.99. The van der Waals surface area contributed by atoms with E-state index in [0.29, 0.717) is 0 Å². The summed E-state index contributed by atoms with van der Waals surface area (Å²) in [4.78, 5) is 0. The summed E-state index contributed by atoms with van der Waals surface area (Å²) in [6.07, 6.45) is 5.19. The highest BCUT2D eigenvalue weighted by atomic mass is 32.1. The molecular weight excluding hydrogens is 182 g/mol. The average Bonchev–Trinajstić information content (AvgIpc) is 2.66. The fraction of sp³-hybridized carbons (Fsp3) is 0.778. The summed E-state index contributed by atoms with van der Waals surface area (Å²) in [5, 5.41) is 0. The van der Waals surface area contributed by atoms with Crippen LogP contribution in [0.25, 0.3) is 0 Å². The second-order valence-corrected chi connectivity index (χ2v) is 3.91. The van der Waals surface area contributed by atoms with Gasteiger partial charge in [0.25, 0.3) is 0 Å². The molecule has 0 aliphatic rings. The van der Waals surface area contributed by atoms with Gasteiger partial charge in [0.15, 0.2) is 0 Å². The zero-order valence-electron chi connectivity index (χ0n) is 8.23. The van der Waals surface area contributed by atoms with E-state index in [2.05, 4.69) is 22.6 Å². The van der Waals surface area contributed by atoms with Crippen LogP contribution >= 0.6 is 11.7 Å². The number of nitrogens with two attached hydrogens (primary N) is 1. The molecule has 1 aromatic heterocycles. The van der Waals surface area contributed by atoms with E-state index in [1.165, 1.54) is 24.6 Å². The number of nitrogens with zero attached hydrogens (tertiary/aromatic N) is 2. The Morgan fingerprint density at radius 2 is 2.15 bits per heavy atom. The normalized spacial score (nSPS) is 13.5. The van der Waals surface area contributed by atoms with Crippen molar-refractivity contribution in [1.29, 1.82) is 0 Å². The summed E-state index contributed by atoms with van der Waals surface area (Å²) >= 11 is 1.23. The van der Waals surface area contributed by atoms with Gasteiger partial charge in [-0.1, -0.05) is 26.7 Å². The highest BCUT2D eigenvalue weighted by Gasteiger charge is 2.13. The molecule has 74 valence electrons. The van der Waals surface area contributed by atoms with Crippen molar-refractivity contribution in [3.8, 4) is 0 Å². The summed E-state index contributed by atoms with van der Waals surface area (Å²) in [5.41, 5.74) is 6.94. The molecule has 0 aliphatic heterocycles. The summed E-state index contributed by atoms with van der Waals surface area (Å²) < 4.78 is 8.10. The summed E-state index contributed by atoms with van der Waals surface area (Å²) in [6.45, 7) is 4.42. The molecule has 0 bridgehead atoms. The maximum Gasteiger partial charge on any atom is 0.0910 e. The molecule has 0 saturated heterocycles. The first-order valence-corrected chi connectivity index (χ1v) is 5.54. The lowest BCUT2D eigenvalue weighted by atomic mass is 9.94. The van der Waals surface area contributed by atoms with Gasteiger partial charge in [0.05, 0.1) is 23.6 Å². The van der Waals surface area contributed by atoms with Crippen molar-refractivity contribution in [2.45, 2.75) is 39.2 Å². The molecule has 0 radical (unpaired) electrons. The van der Waals surface area contributed by atoms with Gasteiger partial charge in [-0.15, -0.1) is 0 Å². The molecule has 13 heavy (non-hydrogen) atoms. The van der Waals surface area contributed by atoms with Crippen molar-refractivity contribution in [1.82, 2.24) is 8.75 Å². The van der Waals surface area contributed by atoms with Crippen LogP contribution in [0.4, 0.5) is 0 Å². The van der Waals surface area contributed by atoms with Gasteiger partial charge < -0.3 is 5.73 Å². The van der Waals surface area contributed by atoms with E-state index in [0.717, 1.165) is 18.0 Å². The van der Waals surface area contributed by atoms with Crippen LogP contribution in [0.2, 0.25) is 0 Å². The van der Waals surface area contributed by atoms with E-state index in [4.69, 9.17) is 5.73 Å². The van der Waals surface area contributed by atoms with Gasteiger partial charge in [-0.3, -0.25) is 0 Å².